The number of anilines is 1. The second-order valence-electron chi connectivity index (χ2n) is 5.93. The third-order valence-corrected chi connectivity index (χ3v) is 5.01. The summed E-state index contributed by atoms with van der Waals surface area (Å²) in [4.78, 5) is 28.7. The first-order valence-corrected chi connectivity index (χ1v) is 9.06. The lowest BCUT2D eigenvalue weighted by Gasteiger charge is -2.06. The molecule has 4 rings (SSSR count). The molecule has 27 heavy (non-hydrogen) atoms. The molecular weight excluding hydrogens is 362 g/mol. The van der Waals surface area contributed by atoms with Gasteiger partial charge in [-0.15, -0.1) is 0 Å². The van der Waals surface area contributed by atoms with Crippen molar-refractivity contribution < 1.29 is 9.90 Å². The smallest absolute Gasteiger partial charge is 0.311 e. The highest BCUT2D eigenvalue weighted by molar-refractivity contribution is 7.10. The predicted molar refractivity (Wildman–Crippen MR) is 108 cm³/mol. The molecule has 2 N–H and O–H groups in total. The van der Waals surface area contributed by atoms with Crippen LogP contribution in [0.1, 0.15) is 10.4 Å². The monoisotopic (exact) mass is 377 g/mol. The first-order chi connectivity index (χ1) is 13.1. The molecule has 1 aliphatic heterocycles. The lowest BCUT2D eigenvalue weighted by atomic mass is 10.1. The quantitative estimate of drug-likeness (QED) is 0.730. The van der Waals surface area contributed by atoms with E-state index in [0.717, 1.165) is 32.7 Å². The molecule has 1 amide bonds. The van der Waals surface area contributed by atoms with E-state index in [1.807, 2.05) is 30.3 Å². The summed E-state index contributed by atoms with van der Waals surface area (Å²) in [6.07, 6.45) is 3.41. The van der Waals surface area contributed by atoms with Gasteiger partial charge in [0.25, 0.3) is 0 Å². The van der Waals surface area contributed by atoms with Gasteiger partial charge in [0.1, 0.15) is 6.54 Å². The van der Waals surface area contributed by atoms with Crippen LogP contribution in [0, 0.1) is 0 Å². The van der Waals surface area contributed by atoms with Gasteiger partial charge in [-0.2, -0.15) is 0 Å². The maximum atomic E-state index is 12.2. The SMILES string of the molecule is O=C(Cn1c(O)c(/C=C2\C=Nc3ccccc32)sc1=O)Nc1ccccc1. The Balaban J connectivity index is 1.58. The highest BCUT2D eigenvalue weighted by atomic mass is 32.1. The van der Waals surface area contributed by atoms with Crippen molar-refractivity contribution in [1.29, 1.82) is 0 Å². The number of hydrogen-bond donors (Lipinski definition) is 2. The number of fused-ring (bicyclic) bond motifs is 1. The molecule has 7 heteroatoms. The van der Waals surface area contributed by atoms with Gasteiger partial charge in [0.2, 0.25) is 11.8 Å². The van der Waals surface area contributed by atoms with Gasteiger partial charge in [0, 0.05) is 23.0 Å². The Morgan fingerprint density at radius 2 is 1.89 bits per heavy atom. The molecule has 0 saturated carbocycles. The number of rotatable bonds is 4. The Morgan fingerprint density at radius 3 is 2.70 bits per heavy atom. The number of nitrogens with one attached hydrogen (secondary N) is 1. The number of aliphatic imine (C=N–C) groups is 1. The summed E-state index contributed by atoms with van der Waals surface area (Å²) in [7, 11) is 0. The highest BCUT2D eigenvalue weighted by Crippen LogP contribution is 2.34. The van der Waals surface area contributed by atoms with Crippen LogP contribution in [-0.4, -0.2) is 21.8 Å². The van der Waals surface area contributed by atoms with Gasteiger partial charge in [0.05, 0.1) is 10.6 Å². The molecule has 0 aliphatic carbocycles. The Labute approximate surface area is 158 Å². The molecule has 3 aromatic rings. The molecular formula is C20H15N3O3S. The molecule has 134 valence electrons. The zero-order chi connectivity index (χ0) is 18.8. The van der Waals surface area contributed by atoms with Gasteiger partial charge in [0.15, 0.2) is 0 Å². The fraction of sp³-hybridized carbons (Fsp3) is 0.0500. The molecule has 0 saturated heterocycles. The Kier molecular flexibility index (Phi) is 4.43. The fourth-order valence-corrected chi connectivity index (χ4v) is 3.65. The summed E-state index contributed by atoms with van der Waals surface area (Å²) in [6, 6.07) is 16.6. The average Bonchev–Trinajstić information content (AvgIpc) is 3.19. The minimum absolute atomic E-state index is 0.224. The van der Waals surface area contributed by atoms with Gasteiger partial charge in [-0.05, 0) is 24.3 Å². The number of nitrogens with zero attached hydrogens (tertiary/aromatic N) is 2. The molecule has 2 aromatic carbocycles. The summed E-state index contributed by atoms with van der Waals surface area (Å²) in [5.41, 5.74) is 3.22. The number of amides is 1. The van der Waals surface area contributed by atoms with Gasteiger partial charge in [-0.3, -0.25) is 19.1 Å². The number of aromatic nitrogens is 1. The van der Waals surface area contributed by atoms with Crippen LogP contribution in [0.15, 0.2) is 64.4 Å². The molecule has 0 bridgehead atoms. The number of carbonyl (C=O) groups excluding carboxylic acids is 1. The zero-order valence-electron chi connectivity index (χ0n) is 14.1. The van der Waals surface area contributed by atoms with Gasteiger partial charge in [-0.25, -0.2) is 0 Å². The van der Waals surface area contributed by atoms with E-state index in [0.29, 0.717) is 10.6 Å². The molecule has 0 spiro atoms. The van der Waals surface area contributed by atoms with E-state index in [-0.39, 0.29) is 18.3 Å². The topological polar surface area (TPSA) is 83.7 Å². The van der Waals surface area contributed by atoms with Crippen LogP contribution in [0.3, 0.4) is 0 Å². The summed E-state index contributed by atoms with van der Waals surface area (Å²) >= 11 is 0.890. The standard InChI is InChI=1S/C20H15N3O3S/c24-18(22-14-6-2-1-3-7-14)12-23-19(25)17(27-20(23)26)10-13-11-21-16-9-5-4-8-15(13)16/h1-11,25H,12H2,(H,22,24)/b13-10+. The van der Waals surface area contributed by atoms with Crippen molar-refractivity contribution in [2.75, 3.05) is 5.32 Å². The van der Waals surface area contributed by atoms with E-state index in [9.17, 15) is 14.7 Å². The third kappa shape index (κ3) is 3.45. The van der Waals surface area contributed by atoms with Crippen LogP contribution in [-0.2, 0) is 11.3 Å². The van der Waals surface area contributed by atoms with Crippen molar-refractivity contribution in [2.45, 2.75) is 6.54 Å². The number of allylic oxidation sites excluding steroid dienone is 1. The van der Waals surface area contributed by atoms with Gasteiger partial charge in [-0.1, -0.05) is 47.7 Å². The van der Waals surface area contributed by atoms with Crippen molar-refractivity contribution in [1.82, 2.24) is 4.57 Å². The van der Waals surface area contributed by atoms with Gasteiger partial charge < -0.3 is 10.4 Å². The summed E-state index contributed by atoms with van der Waals surface area (Å²) in [6.45, 7) is -0.260. The zero-order valence-corrected chi connectivity index (χ0v) is 14.9. The predicted octanol–water partition coefficient (Wildman–Crippen LogP) is 3.51. The number of aromatic hydroxyl groups is 1. The first-order valence-electron chi connectivity index (χ1n) is 8.24. The molecule has 1 aromatic heterocycles. The summed E-state index contributed by atoms with van der Waals surface area (Å²) in [5.74, 6) is -0.609. The maximum absolute atomic E-state index is 12.2. The highest BCUT2D eigenvalue weighted by Gasteiger charge is 2.18. The number of para-hydroxylation sites is 2. The molecule has 1 aliphatic rings. The number of hydrogen-bond acceptors (Lipinski definition) is 5. The Hall–Kier alpha value is -3.45. The van der Waals surface area contributed by atoms with Crippen molar-refractivity contribution in [2.24, 2.45) is 4.99 Å². The molecule has 0 radical (unpaired) electrons. The van der Waals surface area contributed by atoms with E-state index in [2.05, 4.69) is 10.3 Å². The Bertz CT molecular complexity index is 1130. The van der Waals surface area contributed by atoms with Crippen LogP contribution in [0.4, 0.5) is 11.4 Å². The van der Waals surface area contributed by atoms with Crippen molar-refractivity contribution in [3.05, 3.63) is 74.7 Å². The maximum Gasteiger partial charge on any atom is 0.311 e. The van der Waals surface area contributed by atoms with Crippen LogP contribution in [0.25, 0.3) is 11.6 Å². The van der Waals surface area contributed by atoms with Crippen LogP contribution < -0.4 is 10.2 Å². The van der Waals surface area contributed by atoms with Gasteiger partial charge >= 0.3 is 4.87 Å². The molecule has 0 fully saturated rings. The molecule has 0 atom stereocenters. The average molecular weight is 377 g/mol. The minimum atomic E-state index is -0.397. The minimum Gasteiger partial charge on any atom is -0.493 e. The van der Waals surface area contributed by atoms with E-state index in [1.165, 1.54) is 0 Å². The first kappa shape index (κ1) is 17.0. The summed E-state index contributed by atoms with van der Waals surface area (Å²) < 4.78 is 1.06. The summed E-state index contributed by atoms with van der Waals surface area (Å²) in [5, 5.41) is 13.1. The second kappa shape index (κ2) is 7.05. The van der Waals surface area contributed by atoms with E-state index < -0.39 is 4.87 Å². The lowest BCUT2D eigenvalue weighted by molar-refractivity contribution is -0.116. The lowest BCUT2D eigenvalue weighted by Crippen LogP contribution is -2.23. The number of carbonyl (C=O) groups is 1. The third-order valence-electron chi connectivity index (χ3n) is 4.10. The molecule has 6 nitrogen and oxygen atoms in total. The normalized spacial score (nSPS) is 13.7. The van der Waals surface area contributed by atoms with E-state index in [1.54, 1.807) is 36.6 Å². The van der Waals surface area contributed by atoms with E-state index in [4.69, 9.17) is 0 Å². The van der Waals surface area contributed by atoms with Crippen LogP contribution in [0.2, 0.25) is 0 Å². The number of benzene rings is 2. The van der Waals surface area contributed by atoms with E-state index >= 15 is 0 Å². The molecule has 2 heterocycles. The second-order valence-corrected chi connectivity index (χ2v) is 6.92. The number of thiazole rings is 1. The van der Waals surface area contributed by atoms with Crippen molar-refractivity contribution in [3.63, 3.8) is 0 Å². The Morgan fingerprint density at radius 1 is 1.15 bits per heavy atom. The van der Waals surface area contributed by atoms with Crippen molar-refractivity contribution in [3.8, 4) is 5.88 Å². The van der Waals surface area contributed by atoms with Crippen LogP contribution in [0.5, 0.6) is 5.88 Å². The largest absolute Gasteiger partial charge is 0.493 e. The van der Waals surface area contributed by atoms with Crippen LogP contribution >= 0.6 is 11.3 Å². The van der Waals surface area contributed by atoms with Crippen molar-refractivity contribution >= 4 is 46.5 Å². The fourth-order valence-electron chi connectivity index (χ4n) is 2.81. The molecule has 0 unspecified atom stereocenters.